The fourth-order valence-electron chi connectivity index (χ4n) is 3.41. The van der Waals surface area contributed by atoms with Crippen LogP contribution in [0.15, 0.2) is 41.3 Å². The number of benzene rings is 1. The highest BCUT2D eigenvalue weighted by Crippen LogP contribution is 2.32. The van der Waals surface area contributed by atoms with Gasteiger partial charge in [-0.05, 0) is 41.2 Å². The molecule has 0 aliphatic heterocycles. The number of carboxylic acid groups (broad SMARTS) is 1. The Bertz CT molecular complexity index is 1100. The lowest BCUT2D eigenvalue weighted by atomic mass is 9.93. The molecule has 0 saturated carbocycles. The Morgan fingerprint density at radius 3 is 2.36 bits per heavy atom. The summed E-state index contributed by atoms with van der Waals surface area (Å²) in [6, 6.07) is 8.66. The van der Waals surface area contributed by atoms with Crippen LogP contribution in [0.5, 0.6) is 0 Å². The zero-order valence-corrected chi connectivity index (χ0v) is 15.4. The van der Waals surface area contributed by atoms with Gasteiger partial charge in [0.25, 0.3) is 5.56 Å². The number of carboxylic acids is 1. The van der Waals surface area contributed by atoms with Gasteiger partial charge in [-0.25, -0.2) is 9.18 Å². The van der Waals surface area contributed by atoms with Crippen LogP contribution in [0.4, 0.5) is 4.39 Å². The molecule has 0 aliphatic carbocycles. The Morgan fingerprint density at radius 2 is 1.86 bits per heavy atom. The van der Waals surface area contributed by atoms with Gasteiger partial charge in [0.2, 0.25) is 0 Å². The van der Waals surface area contributed by atoms with Gasteiger partial charge < -0.3 is 10.8 Å². The highest BCUT2D eigenvalue weighted by Gasteiger charge is 2.21. The van der Waals surface area contributed by atoms with Crippen LogP contribution in [0.2, 0.25) is 0 Å². The Hall–Kier alpha value is -2.99. The summed E-state index contributed by atoms with van der Waals surface area (Å²) in [6.07, 6.45) is 1.08. The number of aromatic carboxylic acids is 1. The van der Waals surface area contributed by atoms with Gasteiger partial charge in [0.15, 0.2) is 0 Å². The quantitative estimate of drug-likeness (QED) is 0.701. The zero-order chi connectivity index (χ0) is 19.9. The lowest BCUT2D eigenvalue weighted by molar-refractivity contribution is 0.0694. The first-order valence-electron chi connectivity index (χ1n) is 8.67. The molecule has 0 saturated heterocycles. The fourth-order valence-corrected chi connectivity index (χ4v) is 3.41. The molecule has 28 heavy (non-hydrogen) atoms. The largest absolute Gasteiger partial charge is 0.477 e. The van der Waals surface area contributed by atoms with E-state index in [2.05, 4.69) is 0 Å². The second-order valence-corrected chi connectivity index (χ2v) is 6.88. The van der Waals surface area contributed by atoms with Gasteiger partial charge >= 0.3 is 5.97 Å². The third-order valence-electron chi connectivity index (χ3n) is 4.81. The van der Waals surface area contributed by atoms with Crippen LogP contribution >= 0.6 is 0 Å². The molecular weight excluding hydrogens is 359 g/mol. The second-order valence-electron chi connectivity index (χ2n) is 6.88. The maximum Gasteiger partial charge on any atom is 0.341 e. The highest BCUT2D eigenvalue weighted by atomic mass is 19.1. The van der Waals surface area contributed by atoms with Crippen LogP contribution in [-0.2, 0) is 6.54 Å². The van der Waals surface area contributed by atoms with E-state index in [1.165, 1.54) is 6.07 Å². The smallest absolute Gasteiger partial charge is 0.341 e. The van der Waals surface area contributed by atoms with Crippen LogP contribution < -0.4 is 11.3 Å². The monoisotopic (exact) mass is 384 g/mol. The summed E-state index contributed by atoms with van der Waals surface area (Å²) in [4.78, 5) is 24.0. The molecule has 0 atom stereocenters. The van der Waals surface area contributed by atoms with Crippen molar-refractivity contribution in [3.63, 3.8) is 0 Å². The Labute approximate surface area is 163 Å². The minimum Gasteiger partial charge on any atom is -0.477 e. The first-order chi connectivity index (χ1) is 12.8. The Balaban J connectivity index is 0.00000280. The van der Waals surface area contributed by atoms with E-state index in [0.717, 1.165) is 16.2 Å². The van der Waals surface area contributed by atoms with E-state index in [1.54, 1.807) is 19.1 Å². The van der Waals surface area contributed by atoms with E-state index in [-0.39, 0.29) is 18.9 Å². The zero-order valence-electron chi connectivity index (χ0n) is 15.4. The molecule has 0 bridgehead atoms. The normalized spacial score (nSPS) is 10.9. The maximum absolute atomic E-state index is 15.0. The van der Waals surface area contributed by atoms with Crippen LogP contribution in [0.25, 0.3) is 16.6 Å². The molecule has 0 fully saturated rings. The molecule has 5 nitrogen and oxygen atoms in total. The van der Waals surface area contributed by atoms with Crippen molar-refractivity contribution in [3.05, 3.63) is 75.0 Å². The molecule has 0 aliphatic rings. The summed E-state index contributed by atoms with van der Waals surface area (Å²) in [5.74, 6) is -1.95. The minimum absolute atomic E-state index is 0. The van der Waals surface area contributed by atoms with Gasteiger partial charge in [-0.2, -0.15) is 0 Å². The number of rotatable bonds is 4. The molecule has 0 amide bonds. The number of carbonyl (C=O) groups is 1. The number of hydrogen-bond acceptors (Lipinski definition) is 3. The molecule has 2 aromatic heterocycles. The van der Waals surface area contributed by atoms with Crippen molar-refractivity contribution in [1.29, 1.82) is 0 Å². The van der Waals surface area contributed by atoms with E-state index >= 15 is 0 Å². The van der Waals surface area contributed by atoms with E-state index in [4.69, 9.17) is 5.73 Å². The fraction of sp³-hybridized carbons (Fsp3) is 0.273. The third kappa shape index (κ3) is 3.43. The Kier molecular flexibility index (Phi) is 6.04. The number of nitrogens with zero attached hydrogens (tertiary/aromatic N) is 1. The number of nitrogens with two attached hydrogens (primary N) is 1. The molecule has 3 N–H and O–H groups in total. The summed E-state index contributed by atoms with van der Waals surface area (Å²) in [6.45, 7) is 5.95. The first kappa shape index (κ1) is 21.3. The average Bonchev–Trinajstić information content (AvgIpc) is 2.62. The van der Waals surface area contributed by atoms with Gasteiger partial charge in [0.05, 0.1) is 5.52 Å². The van der Waals surface area contributed by atoms with Crippen LogP contribution in [0.1, 0.15) is 54.2 Å². The van der Waals surface area contributed by atoms with Gasteiger partial charge in [-0.1, -0.05) is 45.5 Å². The number of aromatic nitrogens is 1. The van der Waals surface area contributed by atoms with E-state index in [9.17, 15) is 19.1 Å². The first-order valence-corrected chi connectivity index (χ1v) is 8.67. The minimum atomic E-state index is -1.32. The molecule has 3 aromatic rings. The van der Waals surface area contributed by atoms with Crippen molar-refractivity contribution in [1.82, 2.24) is 4.40 Å². The molecule has 0 radical (unpaired) electrons. The molecule has 148 valence electrons. The molecular formula is C22H25FN2O3. The van der Waals surface area contributed by atoms with Gasteiger partial charge in [-0.15, -0.1) is 0 Å². The topological polar surface area (TPSA) is 84.8 Å². The molecule has 6 heteroatoms. The number of fused-ring (bicyclic) bond motifs is 1. The van der Waals surface area contributed by atoms with Crippen molar-refractivity contribution in [2.45, 2.75) is 40.7 Å². The van der Waals surface area contributed by atoms with Crippen molar-refractivity contribution in [2.75, 3.05) is 0 Å². The summed E-state index contributed by atoms with van der Waals surface area (Å²) < 4.78 is 16.1. The van der Waals surface area contributed by atoms with Gasteiger partial charge in [0.1, 0.15) is 11.4 Å². The molecule has 0 unspecified atom stereocenters. The number of halogens is 1. The van der Waals surface area contributed by atoms with E-state index in [1.807, 2.05) is 26.0 Å². The maximum atomic E-state index is 15.0. The number of aryl methyl sites for hydroxylation is 1. The lowest BCUT2D eigenvalue weighted by Gasteiger charge is -2.18. The predicted octanol–water partition coefficient (Wildman–Crippen LogP) is 4.33. The second kappa shape index (κ2) is 7.94. The molecule has 3 rings (SSSR count). The van der Waals surface area contributed by atoms with Crippen LogP contribution in [-0.4, -0.2) is 15.5 Å². The highest BCUT2D eigenvalue weighted by molar-refractivity contribution is 5.89. The van der Waals surface area contributed by atoms with Crippen molar-refractivity contribution in [2.24, 2.45) is 5.73 Å². The average molecular weight is 384 g/mol. The Morgan fingerprint density at radius 1 is 1.25 bits per heavy atom. The van der Waals surface area contributed by atoms with Gasteiger partial charge in [-0.3, -0.25) is 9.20 Å². The third-order valence-corrected chi connectivity index (χ3v) is 4.81. The summed E-state index contributed by atoms with van der Waals surface area (Å²) in [5.41, 5.74) is 8.33. The summed E-state index contributed by atoms with van der Waals surface area (Å²) in [7, 11) is 0. The SMILES string of the molecule is C.Cc1c(-c2ccc(CN)cc2)c(F)cn2c(=O)c(C(=O)O)cc(C(C)C)c12. The summed E-state index contributed by atoms with van der Waals surface area (Å²) in [5, 5.41) is 9.33. The van der Waals surface area contributed by atoms with Crippen LogP contribution in [0.3, 0.4) is 0 Å². The van der Waals surface area contributed by atoms with Crippen molar-refractivity contribution in [3.8, 4) is 11.1 Å². The standard InChI is InChI=1S/C21H21FN2O3.CH4/c1-11(2)15-8-16(21(26)27)20(25)24-10-17(22)18(12(3)19(15)24)14-6-4-13(9-23)5-7-14;/h4-8,10-11H,9,23H2,1-3H3,(H,26,27);1H4. The number of pyridine rings is 2. The van der Waals surface area contributed by atoms with Crippen LogP contribution in [0, 0.1) is 12.7 Å². The summed E-state index contributed by atoms with van der Waals surface area (Å²) >= 11 is 0. The number of hydrogen-bond donors (Lipinski definition) is 2. The lowest BCUT2D eigenvalue weighted by Crippen LogP contribution is -2.24. The van der Waals surface area contributed by atoms with Crippen molar-refractivity contribution >= 4 is 11.5 Å². The molecule has 0 spiro atoms. The van der Waals surface area contributed by atoms with Gasteiger partial charge in [0, 0.05) is 18.3 Å². The van der Waals surface area contributed by atoms with E-state index in [0.29, 0.717) is 34.3 Å². The van der Waals surface area contributed by atoms with Crippen molar-refractivity contribution < 1.29 is 14.3 Å². The molecule has 2 heterocycles. The predicted molar refractivity (Wildman–Crippen MR) is 109 cm³/mol. The van der Waals surface area contributed by atoms with E-state index < -0.39 is 17.3 Å². The molecule has 1 aromatic carbocycles.